The van der Waals surface area contributed by atoms with Crippen molar-refractivity contribution in [2.45, 2.75) is 6.92 Å². The first kappa shape index (κ1) is 15.8. The molecule has 0 rings (SSSR count). The molecule has 86 valence electrons. The Morgan fingerprint density at radius 3 is 2.07 bits per heavy atom. The minimum atomic E-state index is -0.935. The number of nitrogens with zero attached hydrogens (tertiary/aromatic N) is 1. The van der Waals surface area contributed by atoms with Crippen LogP contribution >= 0.6 is 0 Å². The van der Waals surface area contributed by atoms with Crippen molar-refractivity contribution in [1.82, 2.24) is 4.90 Å². The van der Waals surface area contributed by atoms with Gasteiger partial charge in [-0.2, -0.15) is 0 Å². The first-order valence-corrected chi connectivity index (χ1v) is 4.14. The van der Waals surface area contributed by atoms with Gasteiger partial charge in [-0.1, -0.05) is 13.2 Å². The Morgan fingerprint density at radius 2 is 1.87 bits per heavy atom. The van der Waals surface area contributed by atoms with E-state index in [4.69, 9.17) is 5.11 Å². The number of hydrogen-bond donors (Lipinski definition) is 1. The number of rotatable bonds is 4. The summed E-state index contributed by atoms with van der Waals surface area (Å²) in [6.45, 7) is 8.16. The lowest BCUT2D eigenvalue weighted by Gasteiger charge is -2.07. The van der Waals surface area contributed by atoms with Gasteiger partial charge in [-0.25, -0.2) is 9.59 Å². The molecule has 0 aromatic carbocycles. The monoisotopic (exact) mass is 215 g/mol. The van der Waals surface area contributed by atoms with E-state index < -0.39 is 5.97 Å². The number of carbonyl (C=O) groups excluding carboxylic acids is 1. The molecule has 0 aromatic rings. The lowest BCUT2D eigenvalue weighted by Crippen LogP contribution is -2.18. The number of carboxylic acids is 1. The summed E-state index contributed by atoms with van der Waals surface area (Å²) in [5, 5.41) is 7.89. The third-order valence-corrected chi connectivity index (χ3v) is 0.997. The van der Waals surface area contributed by atoms with E-state index in [1.807, 2.05) is 14.1 Å². The maximum absolute atomic E-state index is 10.3. The molecular formula is C10H17NO4. The predicted molar refractivity (Wildman–Crippen MR) is 57.3 cm³/mol. The first-order chi connectivity index (χ1) is 6.81. The number of carbonyl (C=O) groups is 2. The number of ether oxygens (including phenoxy) is 1. The van der Waals surface area contributed by atoms with Gasteiger partial charge in [-0.15, -0.1) is 0 Å². The summed E-state index contributed by atoms with van der Waals surface area (Å²) in [4.78, 5) is 21.7. The van der Waals surface area contributed by atoms with E-state index in [1.165, 1.54) is 6.92 Å². The zero-order valence-electron chi connectivity index (χ0n) is 9.32. The van der Waals surface area contributed by atoms with Crippen molar-refractivity contribution >= 4 is 11.9 Å². The first-order valence-electron chi connectivity index (χ1n) is 4.14. The van der Waals surface area contributed by atoms with Gasteiger partial charge in [0.05, 0.1) is 0 Å². The van der Waals surface area contributed by atoms with E-state index in [9.17, 15) is 9.59 Å². The van der Waals surface area contributed by atoms with Crippen molar-refractivity contribution in [3.05, 3.63) is 24.8 Å². The highest BCUT2D eigenvalue weighted by atomic mass is 16.5. The van der Waals surface area contributed by atoms with Gasteiger partial charge in [0.2, 0.25) is 0 Å². The molecule has 0 spiro atoms. The quantitative estimate of drug-likeness (QED) is 0.428. The standard InChI is InChI=1S/C6H11NO2.C4H6O2/c1-4-6(8)9-5-7(2)3;1-3(2)4(5)6/h4H,1,5H2,2-3H3;1H2,2H3,(H,5,6). The number of hydrogen-bond acceptors (Lipinski definition) is 4. The molecule has 0 atom stereocenters. The summed E-state index contributed by atoms with van der Waals surface area (Å²) >= 11 is 0. The van der Waals surface area contributed by atoms with Crippen LogP contribution in [-0.4, -0.2) is 42.8 Å². The summed E-state index contributed by atoms with van der Waals surface area (Å²) in [6.07, 6.45) is 1.14. The zero-order valence-corrected chi connectivity index (χ0v) is 9.32. The third-order valence-electron chi connectivity index (χ3n) is 0.997. The number of aliphatic carboxylic acids is 1. The van der Waals surface area contributed by atoms with Crippen molar-refractivity contribution in [3.63, 3.8) is 0 Å². The van der Waals surface area contributed by atoms with Gasteiger partial charge in [0.1, 0.15) is 6.73 Å². The minimum Gasteiger partial charge on any atom is -0.478 e. The van der Waals surface area contributed by atoms with E-state index in [0.717, 1.165) is 6.08 Å². The summed E-state index contributed by atoms with van der Waals surface area (Å²) in [6, 6.07) is 0. The zero-order chi connectivity index (χ0) is 12.4. The van der Waals surface area contributed by atoms with Gasteiger partial charge in [-0.3, -0.25) is 4.90 Å². The highest BCUT2D eigenvalue weighted by Gasteiger charge is 1.93. The molecule has 0 saturated heterocycles. The van der Waals surface area contributed by atoms with Gasteiger partial charge >= 0.3 is 11.9 Å². The Kier molecular flexibility index (Phi) is 9.45. The van der Waals surface area contributed by atoms with Gasteiger partial charge in [0.15, 0.2) is 0 Å². The highest BCUT2D eigenvalue weighted by Crippen LogP contribution is 1.81. The maximum atomic E-state index is 10.3. The molecule has 0 bridgehead atoms. The van der Waals surface area contributed by atoms with Crippen LogP contribution in [0.5, 0.6) is 0 Å². The molecule has 15 heavy (non-hydrogen) atoms. The van der Waals surface area contributed by atoms with Crippen molar-refractivity contribution in [3.8, 4) is 0 Å². The summed E-state index contributed by atoms with van der Waals surface area (Å²) in [5.41, 5.74) is 0.176. The Hall–Kier alpha value is -1.62. The molecule has 0 aromatic heterocycles. The molecule has 1 N–H and O–H groups in total. The fourth-order valence-electron chi connectivity index (χ4n) is 0.252. The molecule has 0 amide bonds. The summed E-state index contributed by atoms with van der Waals surface area (Å²) in [7, 11) is 3.63. The van der Waals surface area contributed by atoms with Crippen molar-refractivity contribution in [1.29, 1.82) is 0 Å². The molecule has 0 aliphatic heterocycles. The van der Waals surface area contributed by atoms with Crippen LogP contribution in [0.2, 0.25) is 0 Å². The van der Waals surface area contributed by atoms with Crippen LogP contribution < -0.4 is 0 Å². The summed E-state index contributed by atoms with van der Waals surface area (Å²) < 4.78 is 4.62. The molecule has 0 unspecified atom stereocenters. The topological polar surface area (TPSA) is 66.8 Å². The van der Waals surface area contributed by atoms with Crippen molar-refractivity contribution < 1.29 is 19.4 Å². The molecule has 0 saturated carbocycles. The Balaban J connectivity index is 0. The number of esters is 1. The third kappa shape index (κ3) is 15.2. The SMILES string of the molecule is C=C(C)C(=O)O.C=CC(=O)OCN(C)C. The van der Waals surface area contributed by atoms with Crippen LogP contribution in [0, 0.1) is 0 Å². The normalized spacial score (nSPS) is 8.53. The molecule has 0 heterocycles. The second kappa shape index (κ2) is 8.96. The molecular weight excluding hydrogens is 198 g/mol. The van der Waals surface area contributed by atoms with Crippen LogP contribution in [0.1, 0.15) is 6.92 Å². The van der Waals surface area contributed by atoms with Gasteiger partial charge in [0, 0.05) is 11.6 Å². The van der Waals surface area contributed by atoms with Gasteiger partial charge in [-0.05, 0) is 21.0 Å². The molecule has 0 aliphatic carbocycles. The lowest BCUT2D eigenvalue weighted by atomic mass is 10.4. The number of carboxylic acid groups (broad SMARTS) is 1. The van der Waals surface area contributed by atoms with Crippen LogP contribution in [0.15, 0.2) is 24.8 Å². The van der Waals surface area contributed by atoms with E-state index in [1.54, 1.807) is 4.90 Å². The molecule has 0 radical (unpaired) electrons. The van der Waals surface area contributed by atoms with Crippen molar-refractivity contribution in [2.75, 3.05) is 20.8 Å². The highest BCUT2D eigenvalue weighted by molar-refractivity contribution is 5.84. The molecule has 5 heteroatoms. The van der Waals surface area contributed by atoms with E-state index >= 15 is 0 Å². The fourth-order valence-corrected chi connectivity index (χ4v) is 0.252. The molecule has 0 fully saturated rings. The lowest BCUT2D eigenvalue weighted by molar-refractivity contribution is -0.141. The van der Waals surface area contributed by atoms with Crippen LogP contribution in [0.25, 0.3) is 0 Å². The minimum absolute atomic E-state index is 0.176. The van der Waals surface area contributed by atoms with Crippen LogP contribution in [-0.2, 0) is 14.3 Å². The van der Waals surface area contributed by atoms with E-state index in [-0.39, 0.29) is 11.5 Å². The maximum Gasteiger partial charge on any atom is 0.331 e. The predicted octanol–water partition coefficient (Wildman–Crippen LogP) is 0.882. The second-order valence-corrected chi connectivity index (χ2v) is 2.96. The Bertz CT molecular complexity index is 234. The smallest absolute Gasteiger partial charge is 0.331 e. The average molecular weight is 215 g/mol. The Labute approximate surface area is 89.6 Å². The van der Waals surface area contributed by atoms with Crippen LogP contribution in [0.3, 0.4) is 0 Å². The van der Waals surface area contributed by atoms with Gasteiger partial charge in [0.25, 0.3) is 0 Å². The molecule has 5 nitrogen and oxygen atoms in total. The average Bonchev–Trinajstić information content (AvgIpc) is 2.14. The largest absolute Gasteiger partial charge is 0.478 e. The van der Waals surface area contributed by atoms with Crippen LogP contribution in [0.4, 0.5) is 0 Å². The summed E-state index contributed by atoms with van der Waals surface area (Å²) in [5.74, 6) is -1.32. The van der Waals surface area contributed by atoms with Crippen molar-refractivity contribution in [2.24, 2.45) is 0 Å². The Morgan fingerprint density at radius 1 is 1.47 bits per heavy atom. The van der Waals surface area contributed by atoms with E-state index in [2.05, 4.69) is 17.9 Å². The van der Waals surface area contributed by atoms with Gasteiger partial charge < -0.3 is 9.84 Å². The fraction of sp³-hybridized carbons (Fsp3) is 0.400. The van der Waals surface area contributed by atoms with E-state index in [0.29, 0.717) is 6.73 Å². The molecule has 0 aliphatic rings. The second-order valence-electron chi connectivity index (χ2n) is 2.96.